The van der Waals surface area contributed by atoms with Crippen LogP contribution in [-0.4, -0.2) is 21.9 Å². The minimum absolute atomic E-state index is 0.0943. The quantitative estimate of drug-likeness (QED) is 0.562. The van der Waals surface area contributed by atoms with Gasteiger partial charge in [0.15, 0.2) is 0 Å². The zero-order valence-corrected chi connectivity index (χ0v) is 16.3. The van der Waals surface area contributed by atoms with Gasteiger partial charge < -0.3 is 4.42 Å². The third kappa shape index (κ3) is 4.39. The van der Waals surface area contributed by atoms with Crippen molar-refractivity contribution in [3.05, 3.63) is 57.4 Å². The fraction of sp³-hybridized carbons (Fsp3) is 0.368. The Hall–Kier alpha value is -2.19. The Morgan fingerprint density at radius 1 is 1.22 bits per heavy atom. The number of oxazole rings is 1. The molecule has 0 aliphatic rings. The third-order valence-electron chi connectivity index (χ3n) is 4.38. The molecule has 0 aliphatic carbocycles. The Bertz CT molecular complexity index is 932. The van der Waals surface area contributed by atoms with E-state index in [9.17, 15) is 13.2 Å². The molecule has 0 radical (unpaired) electrons. The summed E-state index contributed by atoms with van der Waals surface area (Å²) in [6.45, 7) is 6.29. The molecule has 0 bridgehead atoms. The highest BCUT2D eigenvalue weighted by Gasteiger charge is 2.31. The number of benzene rings is 1. The van der Waals surface area contributed by atoms with Crippen LogP contribution in [0.4, 0.5) is 13.2 Å². The maximum Gasteiger partial charge on any atom is 0.416 e. The smallest absolute Gasteiger partial charge is 0.416 e. The van der Waals surface area contributed by atoms with E-state index in [0.29, 0.717) is 23.6 Å². The summed E-state index contributed by atoms with van der Waals surface area (Å²) in [4.78, 5) is 11.0. The van der Waals surface area contributed by atoms with Crippen molar-refractivity contribution in [2.75, 3.05) is 7.05 Å². The maximum absolute atomic E-state index is 12.9. The molecule has 3 rings (SSSR count). The molecule has 0 unspecified atom stereocenters. The first-order valence-electron chi connectivity index (χ1n) is 8.41. The molecule has 0 N–H and O–H groups in total. The van der Waals surface area contributed by atoms with Crippen LogP contribution in [-0.2, 0) is 12.7 Å². The molecule has 2 aromatic heterocycles. The number of rotatable bonds is 5. The van der Waals surface area contributed by atoms with Crippen molar-refractivity contribution in [3.63, 3.8) is 0 Å². The summed E-state index contributed by atoms with van der Waals surface area (Å²) in [6.07, 6.45) is -4.40. The van der Waals surface area contributed by atoms with Crippen LogP contribution in [0.25, 0.3) is 11.5 Å². The Balaban J connectivity index is 1.80. The van der Waals surface area contributed by atoms with Gasteiger partial charge in [-0.15, -0.1) is 11.3 Å². The number of aryl methyl sites for hydroxylation is 2. The van der Waals surface area contributed by atoms with E-state index in [4.69, 9.17) is 4.42 Å². The molecule has 0 amide bonds. The van der Waals surface area contributed by atoms with Crippen molar-refractivity contribution < 1.29 is 17.6 Å². The number of hydrogen-bond donors (Lipinski definition) is 0. The first kappa shape index (κ1) is 19.6. The van der Waals surface area contributed by atoms with Crippen molar-refractivity contribution in [2.45, 2.75) is 39.5 Å². The fourth-order valence-electron chi connectivity index (χ4n) is 2.65. The lowest BCUT2D eigenvalue weighted by Gasteiger charge is -2.21. The summed E-state index contributed by atoms with van der Waals surface area (Å²) >= 11 is 1.60. The van der Waals surface area contributed by atoms with Crippen LogP contribution >= 0.6 is 11.3 Å². The summed E-state index contributed by atoms with van der Waals surface area (Å²) in [6, 6.07) is 5.10. The van der Waals surface area contributed by atoms with Crippen molar-refractivity contribution in [1.29, 1.82) is 0 Å². The molecule has 0 fully saturated rings. The Morgan fingerprint density at radius 3 is 2.59 bits per heavy atom. The number of nitrogens with zero attached hydrogens (tertiary/aromatic N) is 3. The van der Waals surface area contributed by atoms with E-state index in [1.807, 2.05) is 19.4 Å². The van der Waals surface area contributed by atoms with Crippen molar-refractivity contribution in [3.8, 4) is 11.5 Å². The van der Waals surface area contributed by atoms with Crippen LogP contribution in [0.2, 0.25) is 0 Å². The summed E-state index contributed by atoms with van der Waals surface area (Å²) in [7, 11) is 1.96. The van der Waals surface area contributed by atoms with E-state index >= 15 is 0 Å². The average molecular weight is 395 g/mol. The van der Waals surface area contributed by atoms with E-state index in [2.05, 4.69) is 21.8 Å². The molecule has 0 saturated carbocycles. The van der Waals surface area contributed by atoms with Gasteiger partial charge in [0.1, 0.15) is 10.8 Å². The van der Waals surface area contributed by atoms with Crippen LogP contribution in [0.1, 0.15) is 40.7 Å². The van der Waals surface area contributed by atoms with Gasteiger partial charge in [-0.25, -0.2) is 9.97 Å². The van der Waals surface area contributed by atoms with Crippen molar-refractivity contribution in [1.82, 2.24) is 14.9 Å². The van der Waals surface area contributed by atoms with Gasteiger partial charge in [0.2, 0.25) is 5.89 Å². The highest BCUT2D eigenvalue weighted by atomic mass is 32.1. The van der Waals surface area contributed by atoms with Gasteiger partial charge >= 0.3 is 6.18 Å². The van der Waals surface area contributed by atoms with Gasteiger partial charge in [0, 0.05) is 23.2 Å². The van der Waals surface area contributed by atoms with E-state index in [1.165, 1.54) is 6.07 Å². The molecule has 0 aliphatic heterocycles. The van der Waals surface area contributed by atoms with Gasteiger partial charge in [-0.3, -0.25) is 4.90 Å². The van der Waals surface area contributed by atoms with Gasteiger partial charge in [0.25, 0.3) is 0 Å². The first-order chi connectivity index (χ1) is 12.6. The second kappa shape index (κ2) is 7.44. The molecule has 0 saturated heterocycles. The Labute approximate surface area is 159 Å². The predicted octanol–water partition coefficient (Wildman–Crippen LogP) is 5.63. The topological polar surface area (TPSA) is 42.2 Å². The lowest BCUT2D eigenvalue weighted by molar-refractivity contribution is -0.137. The van der Waals surface area contributed by atoms with Crippen LogP contribution in [0.15, 0.2) is 34.1 Å². The summed E-state index contributed by atoms with van der Waals surface area (Å²) in [5.41, 5.74) is 1.28. The van der Waals surface area contributed by atoms with Gasteiger partial charge in [0.05, 0.1) is 17.3 Å². The number of aromatic nitrogens is 2. The van der Waals surface area contributed by atoms with Gasteiger partial charge in [-0.2, -0.15) is 13.2 Å². The average Bonchev–Trinajstić information content (AvgIpc) is 3.20. The van der Waals surface area contributed by atoms with E-state index in [0.717, 1.165) is 22.8 Å². The molecular formula is C19H20F3N3OS. The van der Waals surface area contributed by atoms with Crippen LogP contribution in [0.3, 0.4) is 0 Å². The maximum atomic E-state index is 12.9. The monoisotopic (exact) mass is 395 g/mol. The van der Waals surface area contributed by atoms with Gasteiger partial charge in [-0.1, -0.05) is 6.07 Å². The van der Waals surface area contributed by atoms with E-state index < -0.39 is 11.7 Å². The van der Waals surface area contributed by atoms with Crippen LogP contribution < -0.4 is 0 Å². The zero-order chi connectivity index (χ0) is 19.8. The summed E-state index contributed by atoms with van der Waals surface area (Å²) in [5, 5.41) is 3.02. The van der Waals surface area contributed by atoms with Crippen LogP contribution in [0.5, 0.6) is 0 Å². The number of alkyl halides is 3. The van der Waals surface area contributed by atoms with Crippen molar-refractivity contribution in [2.24, 2.45) is 0 Å². The van der Waals surface area contributed by atoms with Gasteiger partial charge in [-0.05, 0) is 46.0 Å². The molecule has 0 spiro atoms. The normalized spacial score (nSPS) is 13.3. The molecule has 144 valence electrons. The fourth-order valence-corrected chi connectivity index (χ4v) is 3.57. The van der Waals surface area contributed by atoms with Crippen molar-refractivity contribution >= 4 is 11.3 Å². The molecule has 27 heavy (non-hydrogen) atoms. The molecule has 1 atom stereocenters. The highest BCUT2D eigenvalue weighted by molar-refractivity contribution is 7.09. The number of halogens is 3. The summed E-state index contributed by atoms with van der Waals surface area (Å²) in [5.74, 6) is 0.788. The standard InChI is InChI=1S/C19H20F3N3OS/c1-11-10-27-18(23-11)12(2)25(4)9-16-13(3)26-17(24-16)14-6-5-7-15(8-14)19(20,21)22/h5-8,10,12H,9H2,1-4H3/t12-/m0/s1. The van der Waals surface area contributed by atoms with E-state index in [1.54, 1.807) is 24.3 Å². The third-order valence-corrected chi connectivity index (χ3v) is 5.52. The largest absolute Gasteiger partial charge is 0.441 e. The highest BCUT2D eigenvalue weighted by Crippen LogP contribution is 2.33. The Kier molecular flexibility index (Phi) is 5.39. The summed E-state index contributed by atoms with van der Waals surface area (Å²) < 4.78 is 44.4. The molecule has 2 heterocycles. The predicted molar refractivity (Wildman–Crippen MR) is 98.4 cm³/mol. The zero-order valence-electron chi connectivity index (χ0n) is 15.5. The minimum Gasteiger partial charge on any atom is -0.441 e. The Morgan fingerprint density at radius 2 is 1.96 bits per heavy atom. The molecule has 3 aromatic rings. The van der Waals surface area contributed by atoms with E-state index in [-0.39, 0.29) is 11.9 Å². The molecule has 1 aromatic carbocycles. The second-order valence-corrected chi connectivity index (χ2v) is 7.41. The lowest BCUT2D eigenvalue weighted by atomic mass is 10.1. The molecular weight excluding hydrogens is 375 g/mol. The first-order valence-corrected chi connectivity index (χ1v) is 9.29. The number of hydrogen-bond acceptors (Lipinski definition) is 5. The minimum atomic E-state index is -4.40. The molecule has 4 nitrogen and oxygen atoms in total. The number of thiazole rings is 1. The molecule has 8 heteroatoms. The lowest BCUT2D eigenvalue weighted by Crippen LogP contribution is -2.22. The second-order valence-electron chi connectivity index (χ2n) is 6.52. The van der Waals surface area contributed by atoms with Crippen LogP contribution in [0, 0.1) is 13.8 Å². The SMILES string of the molecule is Cc1csc([C@H](C)N(C)Cc2nc(-c3cccc(C(F)(F)F)c3)oc2C)n1.